The van der Waals surface area contributed by atoms with E-state index >= 15 is 0 Å². The summed E-state index contributed by atoms with van der Waals surface area (Å²) in [5.41, 5.74) is 5.09. The number of ether oxygens (including phenoxy) is 1. The maximum Gasteiger partial charge on any atom is 0.227 e. The summed E-state index contributed by atoms with van der Waals surface area (Å²) in [4.78, 5) is 19.7. The predicted molar refractivity (Wildman–Crippen MR) is 132 cm³/mol. The molecular formula is C27H26ClN3O2. The lowest BCUT2D eigenvalue weighted by Gasteiger charge is -2.18. The molecule has 1 aliphatic rings. The molecule has 1 saturated heterocycles. The van der Waals surface area contributed by atoms with E-state index in [1.807, 2.05) is 73.3 Å². The first-order valence-corrected chi connectivity index (χ1v) is 11.6. The van der Waals surface area contributed by atoms with E-state index in [9.17, 15) is 4.79 Å². The van der Waals surface area contributed by atoms with Gasteiger partial charge in [-0.1, -0.05) is 35.9 Å². The van der Waals surface area contributed by atoms with Crippen LogP contribution in [0.15, 0.2) is 66.7 Å². The Bertz CT molecular complexity index is 1330. The fourth-order valence-corrected chi connectivity index (χ4v) is 4.65. The number of rotatable bonds is 6. The Hall–Kier alpha value is -3.31. The average Bonchev–Trinajstić information content (AvgIpc) is 3.37. The molecule has 1 aromatic heterocycles. The minimum absolute atomic E-state index is 0.0307. The van der Waals surface area contributed by atoms with Gasteiger partial charge in [-0.25, -0.2) is 4.98 Å². The molecule has 0 spiro atoms. The van der Waals surface area contributed by atoms with Gasteiger partial charge in [-0.05, 0) is 67.4 Å². The normalized spacial score (nSPS) is 16.0. The largest absolute Gasteiger partial charge is 0.492 e. The zero-order chi connectivity index (χ0) is 22.9. The van der Waals surface area contributed by atoms with Crippen molar-refractivity contribution in [2.75, 3.05) is 18.1 Å². The number of anilines is 1. The molecule has 6 heteroatoms. The molecule has 0 aliphatic carbocycles. The van der Waals surface area contributed by atoms with Gasteiger partial charge in [0.15, 0.2) is 0 Å². The third-order valence-electron chi connectivity index (χ3n) is 6.20. The molecule has 168 valence electrons. The van der Waals surface area contributed by atoms with Gasteiger partial charge in [0.05, 0.1) is 17.6 Å². The van der Waals surface area contributed by atoms with E-state index in [4.69, 9.17) is 21.3 Å². The number of hydrogen-bond donors (Lipinski definition) is 0. The van der Waals surface area contributed by atoms with Crippen LogP contribution in [0.5, 0.6) is 5.75 Å². The van der Waals surface area contributed by atoms with Crippen molar-refractivity contribution in [1.82, 2.24) is 9.55 Å². The van der Waals surface area contributed by atoms with Gasteiger partial charge in [0.1, 0.15) is 18.2 Å². The number of nitrogens with zero attached hydrogens (tertiary/aromatic N) is 3. The number of aryl methyl sites for hydroxylation is 2. The maximum atomic E-state index is 12.9. The van der Waals surface area contributed by atoms with E-state index in [-0.39, 0.29) is 11.8 Å². The van der Waals surface area contributed by atoms with E-state index in [2.05, 4.69) is 16.7 Å². The molecule has 3 aromatic carbocycles. The highest BCUT2D eigenvalue weighted by atomic mass is 35.5. The van der Waals surface area contributed by atoms with E-state index in [1.54, 1.807) is 0 Å². The maximum absolute atomic E-state index is 12.9. The van der Waals surface area contributed by atoms with Crippen molar-refractivity contribution in [3.05, 3.63) is 88.7 Å². The van der Waals surface area contributed by atoms with Crippen molar-refractivity contribution < 1.29 is 9.53 Å². The number of carbonyl (C=O) groups excluding carboxylic acids is 1. The summed E-state index contributed by atoms with van der Waals surface area (Å²) in [6.07, 6.45) is 0.453. The smallest absolute Gasteiger partial charge is 0.227 e. The second-order valence-corrected chi connectivity index (χ2v) is 9.02. The van der Waals surface area contributed by atoms with Crippen molar-refractivity contribution >= 4 is 34.2 Å². The quantitative estimate of drug-likeness (QED) is 0.360. The molecule has 0 radical (unpaired) electrons. The van der Waals surface area contributed by atoms with Crippen LogP contribution in [-0.4, -0.2) is 28.6 Å². The highest BCUT2D eigenvalue weighted by Gasteiger charge is 2.34. The second kappa shape index (κ2) is 8.91. The number of hydrogen-bond acceptors (Lipinski definition) is 3. The zero-order valence-corrected chi connectivity index (χ0v) is 19.5. The van der Waals surface area contributed by atoms with Crippen molar-refractivity contribution in [2.24, 2.45) is 0 Å². The van der Waals surface area contributed by atoms with Gasteiger partial charge in [0.2, 0.25) is 5.91 Å². The predicted octanol–water partition coefficient (Wildman–Crippen LogP) is 5.91. The number of aromatic nitrogens is 2. The Balaban J connectivity index is 1.40. The molecule has 0 bridgehead atoms. The summed E-state index contributed by atoms with van der Waals surface area (Å²) in [5.74, 6) is 1.90. The second-order valence-electron chi connectivity index (χ2n) is 8.61. The first-order chi connectivity index (χ1) is 16.0. The number of para-hydroxylation sites is 2. The van der Waals surface area contributed by atoms with E-state index in [0.717, 1.165) is 44.4 Å². The molecule has 1 amide bonds. The van der Waals surface area contributed by atoms with Crippen LogP contribution in [0.2, 0.25) is 5.02 Å². The molecular weight excluding hydrogens is 434 g/mol. The summed E-state index contributed by atoms with van der Waals surface area (Å²) >= 11 is 6.13. The third-order valence-corrected chi connectivity index (χ3v) is 6.62. The highest BCUT2D eigenvalue weighted by Crippen LogP contribution is 2.33. The van der Waals surface area contributed by atoms with Crippen molar-refractivity contribution in [1.29, 1.82) is 0 Å². The molecule has 2 heterocycles. The van der Waals surface area contributed by atoms with Crippen molar-refractivity contribution in [2.45, 2.75) is 32.7 Å². The van der Waals surface area contributed by atoms with Gasteiger partial charge >= 0.3 is 0 Å². The molecule has 4 aromatic rings. The summed E-state index contributed by atoms with van der Waals surface area (Å²) in [6, 6.07) is 21.9. The van der Waals surface area contributed by atoms with Crippen molar-refractivity contribution in [3.8, 4) is 5.75 Å². The van der Waals surface area contributed by atoms with Gasteiger partial charge in [0, 0.05) is 29.6 Å². The summed E-state index contributed by atoms with van der Waals surface area (Å²) in [6.45, 7) is 5.78. The van der Waals surface area contributed by atoms with Crippen LogP contribution in [0.25, 0.3) is 11.0 Å². The number of imidazole rings is 1. The fraction of sp³-hybridized carbons (Fsp3) is 0.259. The molecule has 1 aliphatic heterocycles. The number of carbonyl (C=O) groups is 1. The number of benzene rings is 3. The summed E-state index contributed by atoms with van der Waals surface area (Å²) in [7, 11) is 0. The highest BCUT2D eigenvalue weighted by molar-refractivity contribution is 6.31. The molecule has 5 nitrogen and oxygen atoms in total. The molecule has 0 N–H and O–H groups in total. The van der Waals surface area contributed by atoms with Crippen LogP contribution in [-0.2, 0) is 11.3 Å². The van der Waals surface area contributed by atoms with Crippen LogP contribution in [0.1, 0.15) is 29.3 Å². The van der Waals surface area contributed by atoms with Crippen LogP contribution < -0.4 is 9.64 Å². The lowest BCUT2D eigenvalue weighted by atomic mass is 10.1. The van der Waals surface area contributed by atoms with E-state index < -0.39 is 0 Å². The molecule has 0 saturated carbocycles. The Morgan fingerprint density at radius 1 is 1.06 bits per heavy atom. The van der Waals surface area contributed by atoms with Crippen molar-refractivity contribution in [3.63, 3.8) is 0 Å². The monoisotopic (exact) mass is 459 g/mol. The number of fused-ring (bicyclic) bond motifs is 1. The van der Waals surface area contributed by atoms with Gasteiger partial charge in [-0.3, -0.25) is 4.79 Å². The average molecular weight is 460 g/mol. The van der Waals surface area contributed by atoms with Crippen LogP contribution >= 0.6 is 11.6 Å². The van der Waals surface area contributed by atoms with E-state index in [0.29, 0.717) is 26.1 Å². The minimum Gasteiger partial charge on any atom is -0.492 e. The van der Waals surface area contributed by atoms with Gasteiger partial charge < -0.3 is 14.2 Å². The first kappa shape index (κ1) is 21.5. The van der Waals surface area contributed by atoms with Crippen LogP contribution in [0, 0.1) is 13.8 Å². The topological polar surface area (TPSA) is 47.4 Å². The minimum atomic E-state index is 0.0307. The standard InChI is InChI=1S/C27H26ClN3O2/c1-18-6-5-7-21(14-18)31-17-20(16-26(31)32)27-29-24-8-3-4-9-25(24)30(27)12-13-33-22-10-11-23(28)19(2)15-22/h3-11,14-15,20H,12-13,16-17H2,1-2H3. The van der Waals surface area contributed by atoms with Crippen LogP contribution in [0.3, 0.4) is 0 Å². The van der Waals surface area contributed by atoms with Gasteiger partial charge in [-0.2, -0.15) is 0 Å². The van der Waals surface area contributed by atoms with E-state index in [1.165, 1.54) is 0 Å². The van der Waals surface area contributed by atoms with Gasteiger partial charge in [0.25, 0.3) is 0 Å². The molecule has 1 fully saturated rings. The number of halogens is 1. The zero-order valence-electron chi connectivity index (χ0n) is 18.8. The third kappa shape index (κ3) is 4.33. The van der Waals surface area contributed by atoms with Gasteiger partial charge in [-0.15, -0.1) is 0 Å². The summed E-state index contributed by atoms with van der Waals surface area (Å²) in [5, 5.41) is 0.731. The SMILES string of the molecule is Cc1cccc(N2CC(c3nc4ccccc4n3CCOc3ccc(Cl)c(C)c3)CC2=O)c1. The number of amides is 1. The Kier molecular flexibility index (Phi) is 5.81. The first-order valence-electron chi connectivity index (χ1n) is 11.2. The Morgan fingerprint density at radius 2 is 1.91 bits per heavy atom. The molecule has 5 rings (SSSR count). The lowest BCUT2D eigenvalue weighted by molar-refractivity contribution is -0.117. The Morgan fingerprint density at radius 3 is 2.73 bits per heavy atom. The Labute approximate surface area is 198 Å². The molecule has 33 heavy (non-hydrogen) atoms. The lowest BCUT2D eigenvalue weighted by Crippen LogP contribution is -2.24. The molecule has 1 atom stereocenters. The van der Waals surface area contributed by atoms with Crippen LogP contribution in [0.4, 0.5) is 5.69 Å². The molecule has 1 unspecified atom stereocenters. The summed E-state index contributed by atoms with van der Waals surface area (Å²) < 4.78 is 8.23. The fourth-order valence-electron chi connectivity index (χ4n) is 4.53.